The van der Waals surface area contributed by atoms with Gasteiger partial charge in [0.1, 0.15) is 11.6 Å². The van der Waals surface area contributed by atoms with E-state index in [0.717, 1.165) is 11.0 Å². The van der Waals surface area contributed by atoms with E-state index in [1.165, 1.54) is 0 Å². The van der Waals surface area contributed by atoms with Gasteiger partial charge in [-0.1, -0.05) is 40.9 Å². The number of H-pyrrole nitrogens is 1. The van der Waals surface area contributed by atoms with Crippen LogP contribution in [-0.2, 0) is 0 Å². The largest absolute Gasteiger partial charge is 0.483 e. The van der Waals surface area contributed by atoms with E-state index in [-0.39, 0.29) is 6.10 Å². The Morgan fingerprint density at radius 3 is 2.62 bits per heavy atom. The molecule has 1 aromatic heterocycles. The lowest BCUT2D eigenvalue weighted by Gasteiger charge is -2.12. The van der Waals surface area contributed by atoms with E-state index in [1.54, 1.807) is 24.3 Å². The van der Waals surface area contributed by atoms with Gasteiger partial charge < -0.3 is 9.72 Å². The molecule has 0 fully saturated rings. The molecule has 0 aliphatic heterocycles. The number of benzene rings is 2. The molecule has 108 valence electrons. The number of fused-ring (bicyclic) bond motifs is 1. The van der Waals surface area contributed by atoms with Gasteiger partial charge in [-0.3, -0.25) is 0 Å². The molecule has 0 radical (unpaired) electrons. The van der Waals surface area contributed by atoms with Crippen molar-refractivity contribution in [3.05, 3.63) is 57.3 Å². The second kappa shape index (κ2) is 5.76. The van der Waals surface area contributed by atoms with Crippen LogP contribution in [0.15, 0.2) is 36.4 Å². The van der Waals surface area contributed by atoms with Gasteiger partial charge in [0, 0.05) is 5.02 Å². The lowest BCUT2D eigenvalue weighted by Crippen LogP contribution is -2.04. The summed E-state index contributed by atoms with van der Waals surface area (Å²) in [4.78, 5) is 7.66. The van der Waals surface area contributed by atoms with Gasteiger partial charge in [0.15, 0.2) is 6.10 Å². The van der Waals surface area contributed by atoms with Gasteiger partial charge in [-0.25, -0.2) is 4.98 Å². The zero-order valence-electron chi connectivity index (χ0n) is 11.0. The van der Waals surface area contributed by atoms with E-state index in [9.17, 15) is 0 Å². The lowest BCUT2D eigenvalue weighted by molar-refractivity contribution is 0.218. The second-order valence-electron chi connectivity index (χ2n) is 4.62. The average molecular weight is 342 g/mol. The molecule has 1 atom stereocenters. The Hall–Kier alpha value is -1.42. The van der Waals surface area contributed by atoms with Crippen LogP contribution in [0.4, 0.5) is 0 Å². The van der Waals surface area contributed by atoms with Crippen LogP contribution in [0.1, 0.15) is 18.9 Å². The van der Waals surface area contributed by atoms with Crippen molar-refractivity contribution in [2.75, 3.05) is 0 Å². The van der Waals surface area contributed by atoms with Gasteiger partial charge in [-0.2, -0.15) is 0 Å². The zero-order valence-corrected chi connectivity index (χ0v) is 13.3. The fourth-order valence-corrected chi connectivity index (χ4v) is 2.52. The third kappa shape index (κ3) is 3.10. The van der Waals surface area contributed by atoms with E-state index in [0.29, 0.717) is 26.6 Å². The summed E-state index contributed by atoms with van der Waals surface area (Å²) >= 11 is 17.9. The quantitative estimate of drug-likeness (QED) is 0.667. The molecule has 0 spiro atoms. The van der Waals surface area contributed by atoms with E-state index in [4.69, 9.17) is 39.5 Å². The van der Waals surface area contributed by atoms with Crippen molar-refractivity contribution >= 4 is 45.8 Å². The molecule has 0 aliphatic carbocycles. The highest BCUT2D eigenvalue weighted by molar-refractivity contribution is 6.42. The van der Waals surface area contributed by atoms with Gasteiger partial charge in [0.2, 0.25) is 0 Å². The molecule has 3 rings (SSSR count). The molecule has 0 saturated carbocycles. The highest BCUT2D eigenvalue weighted by Gasteiger charge is 2.14. The summed E-state index contributed by atoms with van der Waals surface area (Å²) in [6.07, 6.45) is -0.256. The van der Waals surface area contributed by atoms with Gasteiger partial charge >= 0.3 is 0 Å². The first-order valence-electron chi connectivity index (χ1n) is 6.30. The van der Waals surface area contributed by atoms with E-state index >= 15 is 0 Å². The Labute approximate surface area is 136 Å². The van der Waals surface area contributed by atoms with Crippen LogP contribution in [0.5, 0.6) is 5.75 Å². The molecule has 0 bridgehead atoms. The summed E-state index contributed by atoms with van der Waals surface area (Å²) in [7, 11) is 0. The van der Waals surface area contributed by atoms with Crippen LogP contribution in [0, 0.1) is 0 Å². The first-order chi connectivity index (χ1) is 10.0. The number of ether oxygens (including phenoxy) is 1. The number of hydrogen-bond acceptors (Lipinski definition) is 2. The number of aromatic nitrogens is 2. The molecule has 1 heterocycles. The molecule has 1 unspecified atom stereocenters. The molecular weight excluding hydrogens is 331 g/mol. The van der Waals surface area contributed by atoms with E-state index in [1.807, 2.05) is 19.1 Å². The van der Waals surface area contributed by atoms with Crippen LogP contribution in [-0.4, -0.2) is 9.97 Å². The Bertz CT molecular complexity index is 762. The summed E-state index contributed by atoms with van der Waals surface area (Å²) in [6.45, 7) is 1.90. The number of rotatable bonds is 3. The zero-order chi connectivity index (χ0) is 15.0. The molecule has 3 aromatic rings. The smallest absolute Gasteiger partial charge is 0.153 e. The fraction of sp³-hybridized carbons (Fsp3) is 0.133. The highest BCUT2D eigenvalue weighted by atomic mass is 35.5. The third-order valence-electron chi connectivity index (χ3n) is 3.04. The minimum absolute atomic E-state index is 0.256. The number of halogens is 3. The van der Waals surface area contributed by atoms with Gasteiger partial charge in [-0.15, -0.1) is 0 Å². The molecule has 1 N–H and O–H groups in total. The normalized spacial score (nSPS) is 12.6. The van der Waals surface area contributed by atoms with Crippen molar-refractivity contribution in [2.24, 2.45) is 0 Å². The molecule has 6 heteroatoms. The summed E-state index contributed by atoms with van der Waals surface area (Å²) in [5.74, 6) is 1.38. The minimum Gasteiger partial charge on any atom is -0.483 e. The molecule has 21 heavy (non-hydrogen) atoms. The van der Waals surface area contributed by atoms with Crippen LogP contribution < -0.4 is 4.74 Å². The molecule has 0 saturated heterocycles. The maximum Gasteiger partial charge on any atom is 0.153 e. The SMILES string of the molecule is CC(Oc1cccc(Cl)c1)c1nc2cc(Cl)c(Cl)cc2[nH]1. The Kier molecular flexibility index (Phi) is 3.98. The summed E-state index contributed by atoms with van der Waals surface area (Å²) in [5, 5.41) is 1.59. The number of nitrogens with one attached hydrogen (secondary N) is 1. The molecule has 2 aromatic carbocycles. The third-order valence-corrected chi connectivity index (χ3v) is 3.99. The lowest BCUT2D eigenvalue weighted by atomic mass is 10.3. The number of aromatic amines is 1. The highest BCUT2D eigenvalue weighted by Crippen LogP contribution is 2.29. The Morgan fingerprint density at radius 1 is 1.10 bits per heavy atom. The molecule has 3 nitrogen and oxygen atoms in total. The van der Waals surface area contributed by atoms with Crippen molar-refractivity contribution in [1.82, 2.24) is 9.97 Å². The number of nitrogens with zero attached hydrogens (tertiary/aromatic N) is 1. The first-order valence-corrected chi connectivity index (χ1v) is 7.43. The molecular formula is C15H11Cl3N2O. The van der Waals surface area contributed by atoms with Crippen molar-refractivity contribution in [1.29, 1.82) is 0 Å². The van der Waals surface area contributed by atoms with E-state index in [2.05, 4.69) is 9.97 Å². The standard InChI is InChI=1S/C15H11Cl3N2O/c1-8(21-10-4-2-3-9(16)5-10)15-19-13-6-11(17)12(18)7-14(13)20-15/h2-8H,1H3,(H,19,20). The van der Waals surface area contributed by atoms with Crippen LogP contribution in [0.3, 0.4) is 0 Å². The van der Waals surface area contributed by atoms with Gasteiger partial charge in [0.05, 0.1) is 21.1 Å². The minimum atomic E-state index is -0.256. The van der Waals surface area contributed by atoms with Crippen molar-refractivity contribution < 1.29 is 4.74 Å². The van der Waals surface area contributed by atoms with Crippen molar-refractivity contribution in [3.8, 4) is 5.75 Å². The second-order valence-corrected chi connectivity index (χ2v) is 5.87. The predicted molar refractivity (Wildman–Crippen MR) is 86.6 cm³/mol. The van der Waals surface area contributed by atoms with Crippen molar-refractivity contribution in [3.63, 3.8) is 0 Å². The molecule has 0 aliphatic rings. The summed E-state index contributed by atoms with van der Waals surface area (Å²) in [5.41, 5.74) is 1.57. The van der Waals surface area contributed by atoms with Gasteiger partial charge in [-0.05, 0) is 37.3 Å². The van der Waals surface area contributed by atoms with Crippen molar-refractivity contribution in [2.45, 2.75) is 13.0 Å². The fourth-order valence-electron chi connectivity index (χ4n) is 2.02. The van der Waals surface area contributed by atoms with Crippen LogP contribution >= 0.6 is 34.8 Å². The monoisotopic (exact) mass is 340 g/mol. The maximum atomic E-state index is 6.00. The van der Waals surface area contributed by atoms with Gasteiger partial charge in [0.25, 0.3) is 0 Å². The molecule has 0 amide bonds. The first kappa shape index (κ1) is 14.5. The number of hydrogen-bond donors (Lipinski definition) is 1. The summed E-state index contributed by atoms with van der Waals surface area (Å²) < 4.78 is 5.83. The Morgan fingerprint density at radius 2 is 1.86 bits per heavy atom. The van der Waals surface area contributed by atoms with Crippen LogP contribution in [0.2, 0.25) is 15.1 Å². The maximum absolute atomic E-state index is 6.00. The average Bonchev–Trinajstić information content (AvgIpc) is 2.82. The topological polar surface area (TPSA) is 37.9 Å². The predicted octanol–water partition coefficient (Wildman–Crippen LogP) is 5.66. The number of imidazole rings is 1. The Balaban J connectivity index is 1.89. The summed E-state index contributed by atoms with van der Waals surface area (Å²) in [6, 6.07) is 10.7. The van der Waals surface area contributed by atoms with Crippen LogP contribution in [0.25, 0.3) is 11.0 Å². The van der Waals surface area contributed by atoms with E-state index < -0.39 is 0 Å².